The molecule has 31 heavy (non-hydrogen) atoms. The van der Waals surface area contributed by atoms with Crippen LogP contribution in [0.15, 0.2) is 79.4 Å². The van der Waals surface area contributed by atoms with Crippen molar-refractivity contribution in [3.63, 3.8) is 0 Å². The summed E-state index contributed by atoms with van der Waals surface area (Å²) in [4.78, 5) is 16.1. The largest absolute Gasteiger partial charge is 0.507 e. The van der Waals surface area contributed by atoms with Crippen molar-refractivity contribution in [2.45, 2.75) is 19.4 Å². The molecule has 7 heteroatoms. The highest BCUT2D eigenvalue weighted by molar-refractivity contribution is 6.05. The number of aryl methyl sites for hydroxylation is 2. The van der Waals surface area contributed by atoms with Gasteiger partial charge >= 0.3 is 0 Å². The number of allylic oxidation sites excluding steroid dienone is 1. The summed E-state index contributed by atoms with van der Waals surface area (Å²) in [5.41, 5.74) is 3.42. The second kappa shape index (κ2) is 9.21. The van der Waals surface area contributed by atoms with Gasteiger partial charge in [0.1, 0.15) is 17.9 Å². The molecule has 2 aromatic heterocycles. The molecule has 0 saturated heterocycles. The summed E-state index contributed by atoms with van der Waals surface area (Å²) in [6.07, 6.45) is 7.51. The van der Waals surface area contributed by atoms with Crippen molar-refractivity contribution in [3.8, 4) is 0 Å². The number of hydrogen-bond acceptors (Lipinski definition) is 4. The topological polar surface area (TPSA) is 83.8 Å². The number of carbonyl (C=O) groups is 1. The van der Waals surface area contributed by atoms with Gasteiger partial charge in [-0.25, -0.2) is 9.37 Å². The Morgan fingerprint density at radius 3 is 2.61 bits per heavy atom. The average molecular weight is 416 g/mol. The molecule has 6 nitrogen and oxygen atoms in total. The first-order chi connectivity index (χ1) is 15.1. The quantitative estimate of drug-likeness (QED) is 0.254. The lowest BCUT2D eigenvalue weighted by Crippen LogP contribution is -2.00. The standard InChI is InChI=1S/C24H21FN4O2/c25-20-8-4-7-18(11-20)13-29-14-19(10-9-17-5-2-1-3-6-17)21(15-29)22(30)12-23(31)24-26-16-27-28-24/h1-8,11-12,14-16,30H,9-10,13H2,(H,26,27,28). The molecule has 2 heterocycles. The van der Waals surface area contributed by atoms with Crippen LogP contribution in [0, 0.1) is 5.82 Å². The number of nitrogens with zero attached hydrogens (tertiary/aromatic N) is 3. The average Bonchev–Trinajstić information content (AvgIpc) is 3.43. The van der Waals surface area contributed by atoms with Gasteiger partial charge < -0.3 is 9.67 Å². The maximum absolute atomic E-state index is 13.6. The number of rotatable bonds is 8. The Kier molecular flexibility index (Phi) is 6.03. The Morgan fingerprint density at radius 1 is 1.06 bits per heavy atom. The van der Waals surface area contributed by atoms with Gasteiger partial charge in [0.05, 0.1) is 0 Å². The van der Waals surface area contributed by atoms with E-state index in [0.29, 0.717) is 18.5 Å². The molecule has 0 radical (unpaired) electrons. The van der Waals surface area contributed by atoms with E-state index in [1.165, 1.54) is 24.0 Å². The summed E-state index contributed by atoms with van der Waals surface area (Å²) in [6, 6.07) is 16.4. The molecule has 0 amide bonds. The van der Waals surface area contributed by atoms with Crippen molar-refractivity contribution in [1.29, 1.82) is 0 Å². The summed E-state index contributed by atoms with van der Waals surface area (Å²) in [5.74, 6) is -0.865. The van der Waals surface area contributed by atoms with Gasteiger partial charge in [-0.1, -0.05) is 42.5 Å². The van der Waals surface area contributed by atoms with Gasteiger partial charge in [0.2, 0.25) is 5.78 Å². The molecule has 4 aromatic rings. The van der Waals surface area contributed by atoms with Crippen molar-refractivity contribution >= 4 is 11.5 Å². The third kappa shape index (κ3) is 5.14. The summed E-state index contributed by atoms with van der Waals surface area (Å²) < 4.78 is 15.4. The van der Waals surface area contributed by atoms with E-state index < -0.39 is 5.78 Å². The van der Waals surface area contributed by atoms with Gasteiger partial charge in [-0.05, 0) is 41.7 Å². The van der Waals surface area contributed by atoms with E-state index in [4.69, 9.17) is 0 Å². The first-order valence-electron chi connectivity index (χ1n) is 9.86. The Morgan fingerprint density at radius 2 is 1.87 bits per heavy atom. The van der Waals surface area contributed by atoms with Gasteiger partial charge in [-0.15, -0.1) is 0 Å². The fourth-order valence-corrected chi connectivity index (χ4v) is 3.44. The second-order valence-electron chi connectivity index (χ2n) is 7.21. The van der Waals surface area contributed by atoms with Gasteiger partial charge in [0.25, 0.3) is 0 Å². The van der Waals surface area contributed by atoms with E-state index in [0.717, 1.165) is 23.6 Å². The molecular weight excluding hydrogens is 395 g/mol. The molecule has 0 aliphatic rings. The van der Waals surface area contributed by atoms with E-state index >= 15 is 0 Å². The summed E-state index contributed by atoms with van der Waals surface area (Å²) >= 11 is 0. The zero-order chi connectivity index (χ0) is 21.6. The third-order valence-electron chi connectivity index (χ3n) is 4.93. The van der Waals surface area contributed by atoms with Crippen LogP contribution in [0.25, 0.3) is 5.76 Å². The van der Waals surface area contributed by atoms with Crippen molar-refractivity contribution < 1.29 is 14.3 Å². The van der Waals surface area contributed by atoms with Crippen LogP contribution < -0.4 is 0 Å². The Hall–Kier alpha value is -4.00. The van der Waals surface area contributed by atoms with Crippen molar-refractivity contribution in [1.82, 2.24) is 19.7 Å². The minimum atomic E-state index is -0.470. The number of hydrogen-bond donors (Lipinski definition) is 2. The van der Waals surface area contributed by atoms with Crippen LogP contribution >= 0.6 is 0 Å². The molecule has 0 aliphatic heterocycles. The molecule has 4 rings (SSSR count). The number of halogens is 1. The number of H-pyrrole nitrogens is 1. The van der Waals surface area contributed by atoms with Crippen molar-refractivity contribution in [2.24, 2.45) is 0 Å². The normalized spacial score (nSPS) is 11.6. The molecule has 0 atom stereocenters. The molecule has 0 fully saturated rings. The summed E-state index contributed by atoms with van der Waals surface area (Å²) in [6.45, 7) is 0.444. The zero-order valence-electron chi connectivity index (χ0n) is 16.7. The van der Waals surface area contributed by atoms with E-state index in [2.05, 4.69) is 15.2 Å². The fourth-order valence-electron chi connectivity index (χ4n) is 3.44. The van der Waals surface area contributed by atoms with E-state index in [1.54, 1.807) is 12.3 Å². The van der Waals surface area contributed by atoms with Crippen molar-refractivity contribution in [2.75, 3.05) is 0 Å². The van der Waals surface area contributed by atoms with E-state index in [1.807, 2.05) is 47.2 Å². The molecule has 0 unspecified atom stereocenters. The van der Waals surface area contributed by atoms with Gasteiger partial charge in [-0.3, -0.25) is 9.89 Å². The number of aliphatic hydroxyl groups excluding tert-OH is 1. The fraction of sp³-hybridized carbons (Fsp3) is 0.125. The minimum absolute atomic E-state index is 0.0524. The molecule has 2 aromatic carbocycles. The van der Waals surface area contributed by atoms with Crippen LogP contribution in [0.4, 0.5) is 4.39 Å². The highest BCUT2D eigenvalue weighted by atomic mass is 19.1. The minimum Gasteiger partial charge on any atom is -0.507 e. The first kappa shape index (κ1) is 20.3. The molecule has 156 valence electrons. The molecule has 0 bridgehead atoms. The Labute approximate surface area is 178 Å². The molecule has 0 spiro atoms. The van der Waals surface area contributed by atoms with Gasteiger partial charge in [-0.2, -0.15) is 5.10 Å². The van der Waals surface area contributed by atoms with E-state index in [-0.39, 0.29) is 17.4 Å². The number of benzene rings is 2. The monoisotopic (exact) mass is 416 g/mol. The number of ketones is 1. The highest BCUT2D eigenvalue weighted by Gasteiger charge is 2.15. The predicted molar refractivity (Wildman–Crippen MR) is 115 cm³/mol. The van der Waals surface area contributed by atoms with Crippen LogP contribution in [0.5, 0.6) is 0 Å². The maximum atomic E-state index is 13.6. The lowest BCUT2D eigenvalue weighted by molar-refractivity contribution is 0.103. The lowest BCUT2D eigenvalue weighted by atomic mass is 10.0. The van der Waals surface area contributed by atoms with Gasteiger partial charge in [0.15, 0.2) is 5.82 Å². The van der Waals surface area contributed by atoms with Crippen LogP contribution in [0.1, 0.15) is 32.9 Å². The number of aromatic nitrogens is 4. The SMILES string of the molecule is O=C(C=C(O)c1cn(Cc2cccc(F)c2)cc1CCc1ccccc1)c1ncn[nH]1. The zero-order valence-corrected chi connectivity index (χ0v) is 16.7. The molecule has 0 aliphatic carbocycles. The number of carbonyl (C=O) groups excluding carboxylic acids is 1. The maximum Gasteiger partial charge on any atom is 0.226 e. The van der Waals surface area contributed by atoms with Crippen LogP contribution in [-0.2, 0) is 19.4 Å². The van der Waals surface area contributed by atoms with Gasteiger partial charge in [0, 0.05) is 30.6 Å². The van der Waals surface area contributed by atoms with E-state index in [9.17, 15) is 14.3 Å². The molecule has 2 N–H and O–H groups in total. The smallest absolute Gasteiger partial charge is 0.226 e. The Balaban J connectivity index is 1.62. The molecule has 0 saturated carbocycles. The summed E-state index contributed by atoms with van der Waals surface area (Å²) in [7, 11) is 0. The summed E-state index contributed by atoms with van der Waals surface area (Å²) in [5, 5.41) is 16.8. The number of aliphatic hydroxyl groups is 1. The van der Waals surface area contributed by atoms with Crippen LogP contribution in [0.3, 0.4) is 0 Å². The lowest BCUT2D eigenvalue weighted by Gasteiger charge is -2.04. The predicted octanol–water partition coefficient (Wildman–Crippen LogP) is 4.36. The Bertz CT molecular complexity index is 1200. The number of aromatic amines is 1. The van der Waals surface area contributed by atoms with Crippen LogP contribution in [-0.4, -0.2) is 30.6 Å². The van der Waals surface area contributed by atoms with Crippen molar-refractivity contribution in [3.05, 3.63) is 113 Å². The first-order valence-corrected chi connectivity index (χ1v) is 9.86. The second-order valence-corrected chi connectivity index (χ2v) is 7.21. The van der Waals surface area contributed by atoms with Crippen LogP contribution in [0.2, 0.25) is 0 Å². The number of nitrogens with one attached hydrogen (secondary N) is 1. The highest BCUT2D eigenvalue weighted by Crippen LogP contribution is 2.22. The molecular formula is C24H21FN4O2. The third-order valence-corrected chi connectivity index (χ3v) is 4.93.